The molecule has 0 saturated carbocycles. The summed E-state index contributed by atoms with van der Waals surface area (Å²) >= 11 is 0. The quantitative estimate of drug-likeness (QED) is 0.661. The number of nitro groups is 1. The van der Waals surface area contributed by atoms with Gasteiger partial charge in [0.15, 0.2) is 0 Å². The van der Waals surface area contributed by atoms with Crippen LogP contribution in [0.25, 0.3) is 0 Å². The Hall–Kier alpha value is -2.77. The molecule has 2 aromatic rings. The minimum Gasteiger partial charge on any atom is -0.310 e. The van der Waals surface area contributed by atoms with Crippen LogP contribution in [0, 0.1) is 10.1 Å². The molecule has 1 amide bonds. The van der Waals surface area contributed by atoms with Crippen molar-refractivity contribution < 1.29 is 9.72 Å². The van der Waals surface area contributed by atoms with Crippen molar-refractivity contribution in [3.63, 3.8) is 0 Å². The third-order valence-electron chi connectivity index (χ3n) is 4.84. The Bertz CT molecular complexity index is 824. The summed E-state index contributed by atoms with van der Waals surface area (Å²) in [6.07, 6.45) is 1.37. The van der Waals surface area contributed by atoms with Gasteiger partial charge in [-0.15, -0.1) is 0 Å². The molecule has 2 aromatic carbocycles. The lowest BCUT2D eigenvalue weighted by molar-refractivity contribution is -0.384. The molecule has 1 saturated heterocycles. The first kappa shape index (κ1) is 15.7. The Balaban J connectivity index is 1.52. The fourth-order valence-corrected chi connectivity index (χ4v) is 3.52. The second kappa shape index (κ2) is 6.27. The number of hydrogen-bond donors (Lipinski definition) is 2. The van der Waals surface area contributed by atoms with E-state index >= 15 is 0 Å². The third kappa shape index (κ3) is 2.88. The number of anilines is 1. The van der Waals surface area contributed by atoms with Gasteiger partial charge in [0.25, 0.3) is 5.69 Å². The SMILES string of the molecule is O=C(C1CC(c2ccccc2)NN1)N1CCc2ccc([N+](=O)[O-])cc21. The van der Waals surface area contributed by atoms with E-state index in [4.69, 9.17) is 0 Å². The van der Waals surface area contributed by atoms with Crippen LogP contribution >= 0.6 is 0 Å². The van der Waals surface area contributed by atoms with Crippen LogP contribution in [-0.4, -0.2) is 23.4 Å². The van der Waals surface area contributed by atoms with E-state index in [1.54, 1.807) is 11.0 Å². The highest BCUT2D eigenvalue weighted by Gasteiger charge is 2.36. The maximum Gasteiger partial charge on any atom is 0.271 e. The lowest BCUT2D eigenvalue weighted by Crippen LogP contribution is -2.45. The Morgan fingerprint density at radius 1 is 1.16 bits per heavy atom. The van der Waals surface area contributed by atoms with Gasteiger partial charge < -0.3 is 4.90 Å². The molecule has 0 bridgehead atoms. The number of hydrogen-bond acceptors (Lipinski definition) is 5. The maximum absolute atomic E-state index is 12.9. The minimum absolute atomic E-state index is 0.0121. The normalized spacial score (nSPS) is 22.0. The predicted octanol–water partition coefficient (Wildman–Crippen LogP) is 2.09. The van der Waals surface area contributed by atoms with E-state index in [2.05, 4.69) is 10.9 Å². The average molecular weight is 338 g/mol. The number of fused-ring (bicyclic) bond motifs is 1. The van der Waals surface area contributed by atoms with E-state index in [-0.39, 0.29) is 23.7 Å². The van der Waals surface area contributed by atoms with E-state index in [0.717, 1.165) is 17.5 Å². The number of nitrogens with zero attached hydrogens (tertiary/aromatic N) is 2. The molecule has 7 heteroatoms. The van der Waals surface area contributed by atoms with Crippen molar-refractivity contribution in [2.75, 3.05) is 11.4 Å². The van der Waals surface area contributed by atoms with E-state index < -0.39 is 4.92 Å². The topological polar surface area (TPSA) is 87.5 Å². The number of benzene rings is 2. The molecule has 4 rings (SSSR count). The zero-order chi connectivity index (χ0) is 17.4. The minimum atomic E-state index is -0.429. The first-order chi connectivity index (χ1) is 12.1. The van der Waals surface area contributed by atoms with Crippen LogP contribution in [0.15, 0.2) is 48.5 Å². The van der Waals surface area contributed by atoms with E-state index in [9.17, 15) is 14.9 Å². The molecule has 0 aliphatic carbocycles. The molecular formula is C18H18N4O3. The third-order valence-corrected chi connectivity index (χ3v) is 4.84. The molecule has 1 fully saturated rings. The molecule has 7 nitrogen and oxygen atoms in total. The molecule has 2 unspecified atom stereocenters. The predicted molar refractivity (Wildman–Crippen MR) is 93.0 cm³/mol. The molecule has 2 aliphatic rings. The summed E-state index contributed by atoms with van der Waals surface area (Å²) in [5, 5.41) is 11.0. The number of carbonyl (C=O) groups excluding carboxylic acids is 1. The lowest BCUT2D eigenvalue weighted by Gasteiger charge is -2.21. The van der Waals surface area contributed by atoms with Gasteiger partial charge >= 0.3 is 0 Å². The van der Waals surface area contributed by atoms with Crippen LogP contribution in [-0.2, 0) is 11.2 Å². The molecule has 0 spiro atoms. The van der Waals surface area contributed by atoms with E-state index in [0.29, 0.717) is 18.7 Å². The van der Waals surface area contributed by atoms with Gasteiger partial charge in [-0.25, -0.2) is 10.9 Å². The van der Waals surface area contributed by atoms with Crippen LogP contribution < -0.4 is 15.8 Å². The average Bonchev–Trinajstić information content (AvgIpc) is 3.28. The van der Waals surface area contributed by atoms with Crippen LogP contribution in [0.1, 0.15) is 23.6 Å². The zero-order valence-corrected chi connectivity index (χ0v) is 13.5. The fraction of sp³-hybridized carbons (Fsp3) is 0.278. The summed E-state index contributed by atoms with van der Waals surface area (Å²) in [7, 11) is 0. The number of carbonyl (C=O) groups is 1. The van der Waals surface area contributed by atoms with Gasteiger partial charge in [-0.05, 0) is 24.0 Å². The Morgan fingerprint density at radius 3 is 2.72 bits per heavy atom. The van der Waals surface area contributed by atoms with E-state index in [1.807, 2.05) is 30.3 Å². The van der Waals surface area contributed by atoms with Gasteiger partial charge in [-0.1, -0.05) is 36.4 Å². The highest BCUT2D eigenvalue weighted by atomic mass is 16.6. The van der Waals surface area contributed by atoms with Crippen molar-refractivity contribution in [3.8, 4) is 0 Å². The summed E-state index contributed by atoms with van der Waals surface area (Å²) in [5.74, 6) is -0.0508. The Kier molecular flexibility index (Phi) is 3.95. The molecule has 25 heavy (non-hydrogen) atoms. The number of amides is 1. The number of nitro benzene ring substituents is 1. The second-order valence-electron chi connectivity index (χ2n) is 6.35. The van der Waals surface area contributed by atoms with Crippen molar-refractivity contribution >= 4 is 17.3 Å². The molecule has 2 heterocycles. The zero-order valence-electron chi connectivity index (χ0n) is 13.5. The van der Waals surface area contributed by atoms with Crippen molar-refractivity contribution in [2.24, 2.45) is 0 Å². The molecule has 2 N–H and O–H groups in total. The summed E-state index contributed by atoms with van der Waals surface area (Å²) in [4.78, 5) is 25.2. The number of hydrazine groups is 1. The lowest BCUT2D eigenvalue weighted by atomic mass is 10.0. The summed E-state index contributed by atoms with van der Waals surface area (Å²) in [6.45, 7) is 0.559. The van der Waals surface area contributed by atoms with Gasteiger partial charge in [-0.2, -0.15) is 0 Å². The highest BCUT2D eigenvalue weighted by molar-refractivity contribution is 5.99. The summed E-state index contributed by atoms with van der Waals surface area (Å²) < 4.78 is 0. The highest BCUT2D eigenvalue weighted by Crippen LogP contribution is 2.33. The van der Waals surface area contributed by atoms with Crippen molar-refractivity contribution in [1.82, 2.24) is 10.9 Å². The largest absolute Gasteiger partial charge is 0.310 e. The number of non-ortho nitro benzene ring substituents is 1. The van der Waals surface area contributed by atoms with Gasteiger partial charge in [-0.3, -0.25) is 14.9 Å². The molecule has 2 atom stereocenters. The maximum atomic E-state index is 12.9. The molecule has 0 radical (unpaired) electrons. The number of rotatable bonds is 3. The van der Waals surface area contributed by atoms with Crippen LogP contribution in [0.3, 0.4) is 0 Å². The monoisotopic (exact) mass is 338 g/mol. The first-order valence-electron chi connectivity index (χ1n) is 8.28. The molecule has 2 aliphatic heterocycles. The standard InChI is InChI=1S/C18H18N4O3/c23-18(16-11-15(19-20-16)12-4-2-1-3-5-12)21-9-8-13-6-7-14(22(24)25)10-17(13)21/h1-7,10,15-16,19-20H,8-9,11H2. The van der Waals surface area contributed by atoms with Crippen molar-refractivity contribution in [1.29, 1.82) is 0 Å². The summed E-state index contributed by atoms with van der Waals surface area (Å²) in [5.41, 5.74) is 9.02. The van der Waals surface area contributed by atoms with Crippen LogP contribution in [0.4, 0.5) is 11.4 Å². The molecule has 0 aromatic heterocycles. The Morgan fingerprint density at radius 2 is 1.96 bits per heavy atom. The first-order valence-corrected chi connectivity index (χ1v) is 8.28. The second-order valence-corrected chi connectivity index (χ2v) is 6.35. The van der Waals surface area contributed by atoms with Gasteiger partial charge in [0.2, 0.25) is 5.91 Å². The van der Waals surface area contributed by atoms with Gasteiger partial charge in [0, 0.05) is 24.7 Å². The van der Waals surface area contributed by atoms with E-state index in [1.165, 1.54) is 12.1 Å². The van der Waals surface area contributed by atoms with Crippen LogP contribution in [0.2, 0.25) is 0 Å². The summed E-state index contributed by atoms with van der Waals surface area (Å²) in [6, 6.07) is 14.4. The fourth-order valence-electron chi connectivity index (χ4n) is 3.52. The molecular weight excluding hydrogens is 320 g/mol. The molecule has 128 valence electrons. The van der Waals surface area contributed by atoms with Gasteiger partial charge in [0.05, 0.1) is 10.6 Å². The van der Waals surface area contributed by atoms with Crippen molar-refractivity contribution in [2.45, 2.75) is 24.9 Å². The smallest absolute Gasteiger partial charge is 0.271 e. The van der Waals surface area contributed by atoms with Gasteiger partial charge in [0.1, 0.15) is 6.04 Å². The van der Waals surface area contributed by atoms with Crippen molar-refractivity contribution in [3.05, 3.63) is 69.8 Å². The number of nitrogens with one attached hydrogen (secondary N) is 2. The van der Waals surface area contributed by atoms with Crippen LogP contribution in [0.5, 0.6) is 0 Å². The Labute approximate surface area is 144 Å².